The molecule has 4 nitrogen and oxygen atoms in total. The van der Waals surface area contributed by atoms with Gasteiger partial charge in [0.05, 0.1) is 7.11 Å². The number of hydrogen-bond donors (Lipinski definition) is 2. The van der Waals surface area contributed by atoms with Crippen LogP contribution in [-0.2, 0) is 0 Å². The fraction of sp³-hybridized carbons (Fsp3) is 0.471. The predicted octanol–water partition coefficient (Wildman–Crippen LogP) is 3.05. The Morgan fingerprint density at radius 2 is 2.14 bits per heavy atom. The molecule has 1 aliphatic heterocycles. The Morgan fingerprint density at radius 1 is 1.29 bits per heavy atom. The highest BCUT2D eigenvalue weighted by atomic mass is 16.5. The van der Waals surface area contributed by atoms with Gasteiger partial charge in [-0.3, -0.25) is 0 Å². The largest absolute Gasteiger partial charge is 0.497 e. The van der Waals surface area contributed by atoms with Crippen molar-refractivity contribution in [2.45, 2.75) is 19.3 Å². The van der Waals surface area contributed by atoms with Crippen molar-refractivity contribution in [3.63, 3.8) is 0 Å². The molecule has 0 aliphatic carbocycles. The van der Waals surface area contributed by atoms with E-state index in [1.165, 1.54) is 19.3 Å². The summed E-state index contributed by atoms with van der Waals surface area (Å²) in [7, 11) is 1.69. The molecule has 1 saturated heterocycles. The summed E-state index contributed by atoms with van der Waals surface area (Å²) in [6.45, 7) is 3.32. The summed E-state index contributed by atoms with van der Waals surface area (Å²) in [5.74, 6) is 2.70. The number of fused-ring (bicyclic) bond motifs is 1. The first-order valence-corrected chi connectivity index (χ1v) is 7.74. The molecule has 0 spiro atoms. The minimum atomic E-state index is 0.842. The molecule has 3 rings (SSSR count). The second-order valence-electron chi connectivity index (χ2n) is 5.66. The summed E-state index contributed by atoms with van der Waals surface area (Å²) >= 11 is 0. The fourth-order valence-corrected chi connectivity index (χ4v) is 2.99. The van der Waals surface area contributed by atoms with Crippen molar-refractivity contribution >= 4 is 16.6 Å². The van der Waals surface area contributed by atoms with Gasteiger partial charge >= 0.3 is 0 Å². The van der Waals surface area contributed by atoms with Gasteiger partial charge in [-0.2, -0.15) is 0 Å². The summed E-state index contributed by atoms with van der Waals surface area (Å²) in [6, 6.07) is 8.14. The van der Waals surface area contributed by atoms with Crippen LogP contribution in [-0.4, -0.2) is 31.7 Å². The summed E-state index contributed by atoms with van der Waals surface area (Å²) < 4.78 is 5.28. The Labute approximate surface area is 125 Å². The molecule has 21 heavy (non-hydrogen) atoms. The quantitative estimate of drug-likeness (QED) is 0.886. The van der Waals surface area contributed by atoms with Crippen molar-refractivity contribution in [1.29, 1.82) is 0 Å². The van der Waals surface area contributed by atoms with E-state index in [9.17, 15) is 0 Å². The third-order valence-electron chi connectivity index (χ3n) is 4.28. The first-order valence-electron chi connectivity index (χ1n) is 7.74. The number of hydrogen-bond acceptors (Lipinski definition) is 4. The van der Waals surface area contributed by atoms with Crippen LogP contribution in [0, 0.1) is 5.92 Å². The minimum Gasteiger partial charge on any atom is -0.497 e. The zero-order valence-corrected chi connectivity index (χ0v) is 12.6. The van der Waals surface area contributed by atoms with E-state index >= 15 is 0 Å². The Bertz CT molecular complexity index is 594. The van der Waals surface area contributed by atoms with Crippen molar-refractivity contribution in [3.05, 3.63) is 30.5 Å². The van der Waals surface area contributed by atoms with E-state index in [1.807, 2.05) is 18.3 Å². The van der Waals surface area contributed by atoms with Crippen LogP contribution in [0.2, 0.25) is 0 Å². The van der Waals surface area contributed by atoms with E-state index < -0.39 is 0 Å². The smallest absolute Gasteiger partial charge is 0.133 e. The molecule has 2 N–H and O–H groups in total. The first-order chi connectivity index (χ1) is 10.4. The number of benzene rings is 1. The molecule has 0 radical (unpaired) electrons. The number of methoxy groups -OCH3 is 1. The van der Waals surface area contributed by atoms with Crippen molar-refractivity contribution < 1.29 is 4.74 Å². The lowest BCUT2D eigenvalue weighted by molar-refractivity contribution is 0.361. The van der Waals surface area contributed by atoms with Gasteiger partial charge in [0.2, 0.25) is 0 Å². The highest BCUT2D eigenvalue weighted by molar-refractivity contribution is 5.92. The highest BCUT2D eigenvalue weighted by Crippen LogP contribution is 2.25. The zero-order chi connectivity index (χ0) is 14.5. The zero-order valence-electron chi connectivity index (χ0n) is 12.6. The molecule has 2 heterocycles. The molecule has 0 unspecified atom stereocenters. The molecule has 1 aliphatic rings. The van der Waals surface area contributed by atoms with Crippen LogP contribution in [0.5, 0.6) is 5.75 Å². The van der Waals surface area contributed by atoms with Gasteiger partial charge in [0.25, 0.3) is 0 Å². The molecule has 0 bridgehead atoms. The van der Waals surface area contributed by atoms with Gasteiger partial charge in [-0.15, -0.1) is 0 Å². The molecule has 2 aromatic rings. The van der Waals surface area contributed by atoms with Gasteiger partial charge in [0.15, 0.2) is 0 Å². The number of piperidine rings is 1. The van der Waals surface area contributed by atoms with Crippen LogP contribution in [0.4, 0.5) is 5.82 Å². The minimum absolute atomic E-state index is 0.842. The lowest BCUT2D eigenvalue weighted by atomic mass is 9.95. The maximum Gasteiger partial charge on any atom is 0.133 e. The summed E-state index contributed by atoms with van der Waals surface area (Å²) in [5.41, 5.74) is 0. The Balaban J connectivity index is 1.66. The third kappa shape index (κ3) is 3.45. The maximum absolute atomic E-state index is 5.28. The SMILES string of the molecule is COc1ccc2c(NCCC3CCNCC3)nccc2c1. The molecule has 0 atom stereocenters. The summed E-state index contributed by atoms with van der Waals surface area (Å²) in [4.78, 5) is 4.48. The van der Waals surface area contributed by atoms with Gasteiger partial charge in [0.1, 0.15) is 11.6 Å². The average molecular weight is 285 g/mol. The molecular weight excluding hydrogens is 262 g/mol. The van der Waals surface area contributed by atoms with Crippen molar-refractivity contribution in [1.82, 2.24) is 10.3 Å². The van der Waals surface area contributed by atoms with Gasteiger partial charge in [-0.05, 0) is 67.9 Å². The van der Waals surface area contributed by atoms with Crippen molar-refractivity contribution in [3.8, 4) is 5.75 Å². The van der Waals surface area contributed by atoms with Gasteiger partial charge in [-0.1, -0.05) is 0 Å². The van der Waals surface area contributed by atoms with Crippen LogP contribution in [0.15, 0.2) is 30.5 Å². The number of pyridine rings is 1. The molecule has 4 heteroatoms. The Morgan fingerprint density at radius 3 is 2.95 bits per heavy atom. The molecular formula is C17H23N3O. The highest BCUT2D eigenvalue weighted by Gasteiger charge is 2.12. The molecule has 1 aromatic carbocycles. The van der Waals surface area contributed by atoms with Crippen LogP contribution in [0.3, 0.4) is 0 Å². The van der Waals surface area contributed by atoms with E-state index in [4.69, 9.17) is 4.74 Å². The lowest BCUT2D eigenvalue weighted by Gasteiger charge is -2.22. The summed E-state index contributed by atoms with van der Waals surface area (Å²) in [6.07, 6.45) is 5.66. The van der Waals surface area contributed by atoms with E-state index in [2.05, 4.69) is 27.8 Å². The lowest BCUT2D eigenvalue weighted by Crippen LogP contribution is -2.28. The normalized spacial score (nSPS) is 16.0. The number of anilines is 1. The summed E-state index contributed by atoms with van der Waals surface area (Å²) in [5, 5.41) is 9.23. The number of aromatic nitrogens is 1. The van der Waals surface area contributed by atoms with Crippen molar-refractivity contribution in [2.24, 2.45) is 5.92 Å². The fourth-order valence-electron chi connectivity index (χ4n) is 2.99. The van der Waals surface area contributed by atoms with E-state index in [-0.39, 0.29) is 0 Å². The van der Waals surface area contributed by atoms with Crippen LogP contribution in [0.1, 0.15) is 19.3 Å². The van der Waals surface area contributed by atoms with Crippen molar-refractivity contribution in [2.75, 3.05) is 32.1 Å². The third-order valence-corrected chi connectivity index (χ3v) is 4.28. The Kier molecular flexibility index (Phi) is 4.55. The van der Waals surface area contributed by atoms with E-state index in [0.29, 0.717) is 0 Å². The first kappa shape index (κ1) is 14.1. The molecule has 0 amide bonds. The second-order valence-corrected chi connectivity index (χ2v) is 5.66. The van der Waals surface area contributed by atoms with Gasteiger partial charge in [0, 0.05) is 18.1 Å². The maximum atomic E-state index is 5.28. The van der Waals surface area contributed by atoms with Crippen LogP contribution in [0.25, 0.3) is 10.8 Å². The van der Waals surface area contributed by atoms with Crippen LogP contribution >= 0.6 is 0 Å². The average Bonchev–Trinajstić information content (AvgIpc) is 2.55. The standard InChI is InChI=1S/C17H23N3O/c1-21-15-2-3-16-14(12-15)7-11-20-17(16)19-10-6-13-4-8-18-9-5-13/h2-3,7,11-13,18H,4-6,8-10H2,1H3,(H,19,20). The Hall–Kier alpha value is -1.81. The number of ether oxygens (including phenoxy) is 1. The molecule has 112 valence electrons. The van der Waals surface area contributed by atoms with E-state index in [1.54, 1.807) is 7.11 Å². The molecule has 1 aromatic heterocycles. The number of rotatable bonds is 5. The monoisotopic (exact) mass is 285 g/mol. The second kappa shape index (κ2) is 6.76. The van der Waals surface area contributed by atoms with Gasteiger partial charge in [-0.25, -0.2) is 4.98 Å². The number of nitrogens with zero attached hydrogens (tertiary/aromatic N) is 1. The predicted molar refractivity (Wildman–Crippen MR) is 87.0 cm³/mol. The number of nitrogens with one attached hydrogen (secondary N) is 2. The topological polar surface area (TPSA) is 46.2 Å². The molecule has 0 saturated carbocycles. The van der Waals surface area contributed by atoms with Gasteiger partial charge < -0.3 is 15.4 Å². The van der Waals surface area contributed by atoms with Crippen LogP contribution < -0.4 is 15.4 Å². The van der Waals surface area contributed by atoms with E-state index in [0.717, 1.165) is 47.9 Å². The molecule has 1 fully saturated rings.